The first-order valence-electron chi connectivity index (χ1n) is 6.91. The maximum atomic E-state index is 10.7. The first kappa shape index (κ1) is 14.0. The monoisotopic (exact) mass is 263 g/mol. The number of nitrogens with zero attached hydrogens (tertiary/aromatic N) is 2. The van der Waals surface area contributed by atoms with Crippen LogP contribution >= 0.6 is 0 Å². The second-order valence-electron chi connectivity index (χ2n) is 4.94. The summed E-state index contributed by atoms with van der Waals surface area (Å²) in [5.41, 5.74) is 1.36. The Morgan fingerprint density at radius 2 is 1.95 bits per heavy atom. The van der Waals surface area contributed by atoms with E-state index in [4.69, 9.17) is 0 Å². The number of nitro groups is 1. The average Bonchev–Trinajstić information content (AvgIpc) is 2.46. The third kappa shape index (κ3) is 3.52. The van der Waals surface area contributed by atoms with E-state index >= 15 is 0 Å². The third-order valence-electron chi connectivity index (χ3n) is 3.64. The van der Waals surface area contributed by atoms with E-state index in [1.54, 1.807) is 12.1 Å². The third-order valence-corrected chi connectivity index (χ3v) is 3.64. The summed E-state index contributed by atoms with van der Waals surface area (Å²) in [6, 6.07) is 7.41. The van der Waals surface area contributed by atoms with Gasteiger partial charge < -0.3 is 5.32 Å². The highest BCUT2D eigenvalue weighted by Crippen LogP contribution is 2.27. The van der Waals surface area contributed by atoms with Crippen LogP contribution in [0.15, 0.2) is 24.3 Å². The molecule has 1 fully saturated rings. The fraction of sp³-hybridized carbons (Fsp3) is 0.571. The van der Waals surface area contributed by atoms with E-state index in [1.807, 2.05) is 12.1 Å². The molecule has 104 valence electrons. The average molecular weight is 263 g/mol. The van der Waals surface area contributed by atoms with E-state index in [0.717, 1.165) is 39.0 Å². The highest BCUT2D eigenvalue weighted by atomic mass is 16.6. The van der Waals surface area contributed by atoms with Crippen molar-refractivity contribution in [2.45, 2.75) is 25.8 Å². The SMILES string of the molecule is CCC[C@H](c1ccc([N+](=O)[O-])cc1)N1CCNCC1. The zero-order valence-electron chi connectivity index (χ0n) is 11.3. The number of hydrogen-bond donors (Lipinski definition) is 1. The molecule has 5 heteroatoms. The standard InChI is InChI=1S/C14H21N3O2/c1-2-3-14(16-10-8-15-9-11-16)12-4-6-13(7-5-12)17(18)19/h4-7,14-15H,2-3,8-11H2,1H3/t14-/m1/s1. The first-order chi connectivity index (χ1) is 9.22. The second-order valence-corrected chi connectivity index (χ2v) is 4.94. The largest absolute Gasteiger partial charge is 0.314 e. The minimum absolute atomic E-state index is 0.166. The van der Waals surface area contributed by atoms with Crippen molar-refractivity contribution in [3.05, 3.63) is 39.9 Å². The van der Waals surface area contributed by atoms with Crippen LogP contribution in [-0.4, -0.2) is 36.0 Å². The Morgan fingerprint density at radius 3 is 2.47 bits per heavy atom. The molecular formula is C14H21N3O2. The molecule has 0 amide bonds. The van der Waals surface area contributed by atoms with Gasteiger partial charge in [-0.3, -0.25) is 15.0 Å². The van der Waals surface area contributed by atoms with Gasteiger partial charge in [-0.15, -0.1) is 0 Å². The number of rotatable bonds is 5. The highest BCUT2D eigenvalue weighted by Gasteiger charge is 2.21. The molecule has 2 rings (SSSR count). The van der Waals surface area contributed by atoms with Gasteiger partial charge in [0.05, 0.1) is 4.92 Å². The number of benzene rings is 1. The molecule has 1 aliphatic heterocycles. The number of nitrogens with one attached hydrogen (secondary N) is 1. The normalized spacial score (nSPS) is 18.2. The van der Waals surface area contributed by atoms with E-state index in [0.29, 0.717) is 6.04 Å². The Bertz CT molecular complexity index is 413. The van der Waals surface area contributed by atoms with Gasteiger partial charge in [-0.1, -0.05) is 25.5 Å². The number of non-ortho nitro benzene ring substituents is 1. The van der Waals surface area contributed by atoms with Gasteiger partial charge in [0.2, 0.25) is 0 Å². The van der Waals surface area contributed by atoms with Crippen LogP contribution in [0.4, 0.5) is 5.69 Å². The molecule has 1 heterocycles. The molecule has 0 unspecified atom stereocenters. The van der Waals surface area contributed by atoms with E-state index < -0.39 is 0 Å². The lowest BCUT2D eigenvalue weighted by atomic mass is 9.99. The van der Waals surface area contributed by atoms with Crippen LogP contribution in [0.1, 0.15) is 31.4 Å². The number of hydrogen-bond acceptors (Lipinski definition) is 4. The van der Waals surface area contributed by atoms with Crippen molar-refractivity contribution < 1.29 is 4.92 Å². The zero-order chi connectivity index (χ0) is 13.7. The van der Waals surface area contributed by atoms with Gasteiger partial charge in [-0.25, -0.2) is 0 Å². The topological polar surface area (TPSA) is 58.4 Å². The van der Waals surface area contributed by atoms with E-state index in [9.17, 15) is 10.1 Å². The molecule has 1 aromatic carbocycles. The Balaban J connectivity index is 2.15. The van der Waals surface area contributed by atoms with Gasteiger partial charge in [0.25, 0.3) is 5.69 Å². The van der Waals surface area contributed by atoms with Crippen molar-refractivity contribution in [2.24, 2.45) is 0 Å². The molecule has 0 bridgehead atoms. The fourth-order valence-electron chi connectivity index (χ4n) is 2.65. The van der Waals surface area contributed by atoms with Gasteiger partial charge in [0.1, 0.15) is 0 Å². The molecule has 0 radical (unpaired) electrons. The Labute approximate surface area is 113 Å². The maximum Gasteiger partial charge on any atom is 0.269 e. The van der Waals surface area contributed by atoms with Gasteiger partial charge in [0.15, 0.2) is 0 Å². The highest BCUT2D eigenvalue weighted by molar-refractivity contribution is 5.34. The summed E-state index contributed by atoms with van der Waals surface area (Å²) >= 11 is 0. The quantitative estimate of drug-likeness (QED) is 0.654. The molecular weight excluding hydrogens is 242 g/mol. The summed E-state index contributed by atoms with van der Waals surface area (Å²) in [7, 11) is 0. The van der Waals surface area contributed by atoms with Crippen LogP contribution in [0, 0.1) is 10.1 Å². The summed E-state index contributed by atoms with van der Waals surface area (Å²) in [6.07, 6.45) is 2.21. The molecule has 1 aromatic rings. The maximum absolute atomic E-state index is 10.7. The van der Waals surface area contributed by atoms with Crippen molar-refractivity contribution in [2.75, 3.05) is 26.2 Å². The minimum Gasteiger partial charge on any atom is -0.314 e. The van der Waals surface area contributed by atoms with E-state index in [1.165, 1.54) is 5.56 Å². The predicted molar refractivity (Wildman–Crippen MR) is 75.2 cm³/mol. The molecule has 0 aliphatic carbocycles. The van der Waals surface area contributed by atoms with Gasteiger partial charge in [0, 0.05) is 44.4 Å². The van der Waals surface area contributed by atoms with E-state index in [2.05, 4.69) is 17.1 Å². The Hall–Kier alpha value is -1.46. The van der Waals surface area contributed by atoms with Crippen molar-refractivity contribution in [1.82, 2.24) is 10.2 Å². The summed E-state index contributed by atoms with van der Waals surface area (Å²) < 4.78 is 0. The second kappa shape index (κ2) is 6.63. The molecule has 0 spiro atoms. The molecule has 1 atom stereocenters. The zero-order valence-corrected chi connectivity index (χ0v) is 11.3. The van der Waals surface area contributed by atoms with Crippen molar-refractivity contribution in [1.29, 1.82) is 0 Å². The summed E-state index contributed by atoms with van der Waals surface area (Å²) in [6.45, 7) is 6.31. The van der Waals surface area contributed by atoms with Crippen LogP contribution < -0.4 is 5.32 Å². The Morgan fingerprint density at radius 1 is 1.32 bits per heavy atom. The van der Waals surface area contributed by atoms with Gasteiger partial charge in [-0.05, 0) is 12.0 Å². The first-order valence-corrected chi connectivity index (χ1v) is 6.91. The van der Waals surface area contributed by atoms with Gasteiger partial charge in [-0.2, -0.15) is 0 Å². The van der Waals surface area contributed by atoms with Crippen LogP contribution in [0.25, 0.3) is 0 Å². The summed E-state index contributed by atoms with van der Waals surface area (Å²) in [5.74, 6) is 0. The predicted octanol–water partition coefficient (Wildman–Crippen LogP) is 2.34. The Kier molecular flexibility index (Phi) is 4.87. The fourth-order valence-corrected chi connectivity index (χ4v) is 2.65. The smallest absolute Gasteiger partial charge is 0.269 e. The molecule has 0 saturated carbocycles. The molecule has 1 saturated heterocycles. The number of nitro benzene ring substituents is 1. The molecule has 19 heavy (non-hydrogen) atoms. The van der Waals surface area contributed by atoms with Crippen molar-refractivity contribution in [3.8, 4) is 0 Å². The lowest BCUT2D eigenvalue weighted by molar-refractivity contribution is -0.384. The van der Waals surface area contributed by atoms with Crippen LogP contribution in [0.3, 0.4) is 0 Å². The molecule has 5 nitrogen and oxygen atoms in total. The van der Waals surface area contributed by atoms with Crippen LogP contribution in [0.5, 0.6) is 0 Å². The molecule has 0 aromatic heterocycles. The van der Waals surface area contributed by atoms with Gasteiger partial charge >= 0.3 is 0 Å². The van der Waals surface area contributed by atoms with Crippen LogP contribution in [0.2, 0.25) is 0 Å². The van der Waals surface area contributed by atoms with Crippen LogP contribution in [-0.2, 0) is 0 Å². The van der Waals surface area contributed by atoms with E-state index in [-0.39, 0.29) is 10.6 Å². The molecule has 1 N–H and O–H groups in total. The summed E-state index contributed by atoms with van der Waals surface area (Å²) in [5, 5.41) is 14.1. The lowest BCUT2D eigenvalue weighted by Crippen LogP contribution is -2.45. The number of piperazine rings is 1. The van der Waals surface area contributed by atoms with Crippen molar-refractivity contribution >= 4 is 5.69 Å². The van der Waals surface area contributed by atoms with Crippen molar-refractivity contribution in [3.63, 3.8) is 0 Å². The summed E-state index contributed by atoms with van der Waals surface area (Å²) in [4.78, 5) is 12.8. The lowest BCUT2D eigenvalue weighted by Gasteiger charge is -2.35. The molecule has 1 aliphatic rings. The minimum atomic E-state index is -0.344.